The first kappa shape index (κ1) is 16.4. The molecule has 8 heteroatoms. The van der Waals surface area contributed by atoms with Gasteiger partial charge in [0, 0.05) is 39.5 Å². The Morgan fingerprint density at radius 3 is 2.58 bits per heavy atom. The van der Waals surface area contributed by atoms with Gasteiger partial charge in [0.05, 0.1) is 12.4 Å². The number of aromatic amines is 1. The van der Waals surface area contributed by atoms with Gasteiger partial charge < -0.3 is 9.80 Å². The van der Waals surface area contributed by atoms with E-state index in [0.717, 1.165) is 36.7 Å². The molecule has 1 saturated heterocycles. The third kappa shape index (κ3) is 3.37. The van der Waals surface area contributed by atoms with E-state index >= 15 is 0 Å². The summed E-state index contributed by atoms with van der Waals surface area (Å²) < 4.78 is 0. The first-order valence-electron chi connectivity index (χ1n) is 8.28. The van der Waals surface area contributed by atoms with Crippen molar-refractivity contribution in [2.75, 3.05) is 32.1 Å². The lowest BCUT2D eigenvalue weighted by molar-refractivity contribution is 0.0704. The number of likely N-dealkylation sites (tertiary alicyclic amines) is 1. The highest BCUT2D eigenvalue weighted by molar-refractivity contribution is 5.92. The standard InChI is InChI=1S/C16H23N7O/c1-4-13-19-15(21-20-13)11-5-7-23(8-6-11)16(24)12-9-18-14(10-17-12)22(2)3/h9-11H,4-8H2,1-3H3,(H,19,20,21). The van der Waals surface area contributed by atoms with Gasteiger partial charge in [-0.15, -0.1) is 0 Å². The molecule has 0 saturated carbocycles. The van der Waals surface area contributed by atoms with Crippen LogP contribution in [0.4, 0.5) is 5.82 Å². The third-order valence-electron chi connectivity index (χ3n) is 4.35. The molecule has 3 heterocycles. The van der Waals surface area contributed by atoms with E-state index in [-0.39, 0.29) is 5.91 Å². The highest BCUT2D eigenvalue weighted by atomic mass is 16.2. The van der Waals surface area contributed by atoms with Gasteiger partial charge in [-0.2, -0.15) is 5.10 Å². The van der Waals surface area contributed by atoms with Gasteiger partial charge in [-0.3, -0.25) is 9.89 Å². The van der Waals surface area contributed by atoms with Crippen molar-refractivity contribution in [3.63, 3.8) is 0 Å². The van der Waals surface area contributed by atoms with Crippen molar-refractivity contribution in [1.29, 1.82) is 0 Å². The molecule has 1 fully saturated rings. The van der Waals surface area contributed by atoms with Crippen LogP contribution in [0.2, 0.25) is 0 Å². The molecule has 24 heavy (non-hydrogen) atoms. The fourth-order valence-electron chi connectivity index (χ4n) is 2.82. The summed E-state index contributed by atoms with van der Waals surface area (Å²) in [5.41, 5.74) is 0.394. The van der Waals surface area contributed by atoms with Crippen LogP contribution in [0.3, 0.4) is 0 Å². The number of nitrogens with zero attached hydrogens (tertiary/aromatic N) is 6. The van der Waals surface area contributed by atoms with Gasteiger partial charge in [0.15, 0.2) is 5.82 Å². The predicted molar refractivity (Wildman–Crippen MR) is 90.0 cm³/mol. The second-order valence-electron chi connectivity index (χ2n) is 6.21. The van der Waals surface area contributed by atoms with Crippen LogP contribution in [-0.2, 0) is 6.42 Å². The Hall–Kier alpha value is -2.51. The fourth-order valence-corrected chi connectivity index (χ4v) is 2.82. The molecular weight excluding hydrogens is 306 g/mol. The Balaban J connectivity index is 1.60. The Morgan fingerprint density at radius 2 is 2.04 bits per heavy atom. The predicted octanol–water partition coefficient (Wildman–Crippen LogP) is 1.24. The lowest BCUT2D eigenvalue weighted by Gasteiger charge is -2.30. The molecule has 0 atom stereocenters. The number of carbonyl (C=O) groups is 1. The normalized spacial score (nSPS) is 15.5. The number of aryl methyl sites for hydroxylation is 1. The topological polar surface area (TPSA) is 90.9 Å². The van der Waals surface area contributed by atoms with Crippen molar-refractivity contribution in [3.05, 3.63) is 29.7 Å². The summed E-state index contributed by atoms with van der Waals surface area (Å²) in [5.74, 6) is 2.78. The van der Waals surface area contributed by atoms with Crippen LogP contribution in [0.25, 0.3) is 0 Å². The second-order valence-corrected chi connectivity index (χ2v) is 6.21. The van der Waals surface area contributed by atoms with Crippen molar-refractivity contribution in [2.45, 2.75) is 32.1 Å². The Morgan fingerprint density at radius 1 is 1.29 bits per heavy atom. The Bertz CT molecular complexity index is 687. The van der Waals surface area contributed by atoms with Crippen molar-refractivity contribution >= 4 is 11.7 Å². The second kappa shape index (κ2) is 6.94. The molecule has 1 aliphatic rings. The molecule has 1 amide bonds. The number of anilines is 1. The first-order valence-corrected chi connectivity index (χ1v) is 8.28. The molecule has 3 rings (SSSR count). The highest BCUT2D eigenvalue weighted by Crippen LogP contribution is 2.26. The van der Waals surface area contributed by atoms with Crippen LogP contribution >= 0.6 is 0 Å². The SMILES string of the molecule is CCc1nc(C2CCN(C(=O)c3cnc(N(C)C)cn3)CC2)n[nH]1. The van der Waals surface area contributed by atoms with Crippen LogP contribution < -0.4 is 4.90 Å². The summed E-state index contributed by atoms with van der Waals surface area (Å²) in [6.07, 6.45) is 5.77. The largest absolute Gasteiger partial charge is 0.361 e. The third-order valence-corrected chi connectivity index (χ3v) is 4.35. The molecule has 1 N–H and O–H groups in total. The molecular formula is C16H23N7O. The summed E-state index contributed by atoms with van der Waals surface area (Å²) in [6.45, 7) is 3.43. The van der Waals surface area contributed by atoms with Crippen molar-refractivity contribution in [1.82, 2.24) is 30.0 Å². The quantitative estimate of drug-likeness (QED) is 0.907. The molecule has 0 unspecified atom stereocenters. The molecule has 1 aliphatic heterocycles. The van der Waals surface area contributed by atoms with Crippen molar-refractivity contribution in [3.8, 4) is 0 Å². The number of rotatable bonds is 4. The van der Waals surface area contributed by atoms with Crippen LogP contribution in [0.5, 0.6) is 0 Å². The van der Waals surface area contributed by atoms with Gasteiger partial charge in [0.2, 0.25) is 0 Å². The van der Waals surface area contributed by atoms with E-state index in [9.17, 15) is 4.79 Å². The number of nitrogens with one attached hydrogen (secondary N) is 1. The van der Waals surface area contributed by atoms with E-state index in [2.05, 4.69) is 25.1 Å². The van der Waals surface area contributed by atoms with Crippen molar-refractivity contribution in [2.24, 2.45) is 0 Å². The van der Waals surface area contributed by atoms with Crippen LogP contribution in [0, 0.1) is 0 Å². The summed E-state index contributed by atoms with van der Waals surface area (Å²) >= 11 is 0. The molecule has 0 aliphatic carbocycles. The maximum Gasteiger partial charge on any atom is 0.274 e. The Labute approximate surface area is 141 Å². The van der Waals surface area contributed by atoms with E-state index < -0.39 is 0 Å². The molecule has 2 aromatic heterocycles. The van der Waals surface area contributed by atoms with Crippen LogP contribution in [0.1, 0.15) is 47.8 Å². The lowest BCUT2D eigenvalue weighted by atomic mass is 9.96. The zero-order chi connectivity index (χ0) is 17.1. The maximum atomic E-state index is 12.5. The average molecular weight is 329 g/mol. The van der Waals surface area contributed by atoms with E-state index in [0.29, 0.717) is 24.7 Å². The van der Waals surface area contributed by atoms with Gasteiger partial charge in [0.25, 0.3) is 5.91 Å². The van der Waals surface area contributed by atoms with E-state index in [1.165, 1.54) is 0 Å². The summed E-state index contributed by atoms with van der Waals surface area (Å²) in [4.78, 5) is 29.3. The minimum atomic E-state index is -0.0597. The number of aromatic nitrogens is 5. The Kier molecular flexibility index (Phi) is 4.73. The maximum absolute atomic E-state index is 12.5. The first-order chi connectivity index (χ1) is 11.6. The molecule has 0 spiro atoms. The highest BCUT2D eigenvalue weighted by Gasteiger charge is 2.27. The van der Waals surface area contributed by atoms with E-state index in [1.54, 1.807) is 12.4 Å². The number of piperidine rings is 1. The summed E-state index contributed by atoms with van der Waals surface area (Å²) in [6, 6.07) is 0. The van der Waals surface area contributed by atoms with E-state index in [4.69, 9.17) is 0 Å². The number of hydrogen-bond acceptors (Lipinski definition) is 6. The van der Waals surface area contributed by atoms with Crippen molar-refractivity contribution < 1.29 is 4.79 Å². The van der Waals surface area contributed by atoms with Gasteiger partial charge in [-0.05, 0) is 12.8 Å². The lowest BCUT2D eigenvalue weighted by Crippen LogP contribution is -2.38. The molecule has 8 nitrogen and oxygen atoms in total. The molecule has 0 radical (unpaired) electrons. The van der Waals surface area contributed by atoms with E-state index in [1.807, 2.05) is 30.8 Å². The monoisotopic (exact) mass is 329 g/mol. The van der Waals surface area contributed by atoms with Gasteiger partial charge in [0.1, 0.15) is 17.3 Å². The zero-order valence-corrected chi connectivity index (χ0v) is 14.4. The fraction of sp³-hybridized carbons (Fsp3) is 0.562. The van der Waals surface area contributed by atoms with Gasteiger partial charge in [-0.1, -0.05) is 6.92 Å². The number of amides is 1. The summed E-state index contributed by atoms with van der Waals surface area (Å²) in [5, 5.41) is 7.26. The average Bonchev–Trinajstić information content (AvgIpc) is 3.10. The molecule has 0 aromatic carbocycles. The number of hydrogen-bond donors (Lipinski definition) is 1. The van der Waals surface area contributed by atoms with Crippen LogP contribution in [-0.4, -0.2) is 63.1 Å². The zero-order valence-electron chi connectivity index (χ0n) is 14.4. The van der Waals surface area contributed by atoms with Crippen LogP contribution in [0.15, 0.2) is 12.4 Å². The minimum Gasteiger partial charge on any atom is -0.361 e. The number of H-pyrrole nitrogens is 1. The smallest absolute Gasteiger partial charge is 0.274 e. The summed E-state index contributed by atoms with van der Waals surface area (Å²) in [7, 11) is 3.78. The minimum absolute atomic E-state index is 0.0597. The van der Waals surface area contributed by atoms with Gasteiger partial charge in [-0.25, -0.2) is 15.0 Å². The molecule has 0 bridgehead atoms. The molecule has 2 aromatic rings. The number of carbonyl (C=O) groups excluding carboxylic acids is 1. The van der Waals surface area contributed by atoms with Gasteiger partial charge >= 0.3 is 0 Å². The molecule has 128 valence electrons.